The third-order valence-corrected chi connectivity index (χ3v) is 4.11. The number of piperazine rings is 1. The minimum Gasteiger partial charge on any atom is -0.390 e. The molecule has 0 aliphatic carbocycles. The van der Waals surface area contributed by atoms with Crippen LogP contribution in [0.5, 0.6) is 0 Å². The van der Waals surface area contributed by atoms with Gasteiger partial charge in [0, 0.05) is 45.1 Å². The van der Waals surface area contributed by atoms with E-state index in [1.165, 1.54) is 6.92 Å². The number of carbonyl (C=O) groups is 1. The van der Waals surface area contributed by atoms with Crippen LogP contribution in [0.25, 0.3) is 0 Å². The van der Waals surface area contributed by atoms with Crippen LogP contribution in [0.4, 0.5) is 14.5 Å². The molecule has 130 valence electrons. The SMILES string of the molecule is CC(=O)NCC1CC(c2cc(F)c(F)c(N3CCNCC3)c2)=NO1. The Balaban J connectivity index is 1.76. The second kappa shape index (κ2) is 7.12. The van der Waals surface area contributed by atoms with Gasteiger partial charge in [0.05, 0.1) is 17.9 Å². The number of hydrogen-bond acceptors (Lipinski definition) is 5. The van der Waals surface area contributed by atoms with Crippen molar-refractivity contribution in [2.75, 3.05) is 37.6 Å². The average molecular weight is 338 g/mol. The number of nitrogens with one attached hydrogen (secondary N) is 2. The van der Waals surface area contributed by atoms with Crippen LogP contribution < -0.4 is 15.5 Å². The lowest BCUT2D eigenvalue weighted by molar-refractivity contribution is -0.119. The molecule has 2 heterocycles. The minimum atomic E-state index is -0.894. The lowest BCUT2D eigenvalue weighted by Crippen LogP contribution is -2.44. The van der Waals surface area contributed by atoms with Crippen LogP contribution in [0.1, 0.15) is 18.9 Å². The van der Waals surface area contributed by atoms with Crippen LogP contribution in [-0.2, 0) is 9.63 Å². The van der Waals surface area contributed by atoms with E-state index in [1.807, 2.05) is 4.90 Å². The molecule has 1 unspecified atom stereocenters. The largest absolute Gasteiger partial charge is 0.390 e. The molecule has 2 aliphatic rings. The smallest absolute Gasteiger partial charge is 0.217 e. The molecular formula is C16H20F2N4O2. The lowest BCUT2D eigenvalue weighted by atomic mass is 10.0. The van der Waals surface area contributed by atoms with Crippen LogP contribution in [0, 0.1) is 11.6 Å². The predicted molar refractivity (Wildman–Crippen MR) is 86.2 cm³/mol. The summed E-state index contributed by atoms with van der Waals surface area (Å²) >= 11 is 0. The van der Waals surface area contributed by atoms with Gasteiger partial charge in [-0.25, -0.2) is 8.78 Å². The zero-order chi connectivity index (χ0) is 17.1. The fourth-order valence-electron chi connectivity index (χ4n) is 2.84. The zero-order valence-electron chi connectivity index (χ0n) is 13.4. The van der Waals surface area contributed by atoms with E-state index in [1.54, 1.807) is 6.07 Å². The van der Waals surface area contributed by atoms with E-state index in [4.69, 9.17) is 4.84 Å². The number of rotatable bonds is 4. The summed E-state index contributed by atoms with van der Waals surface area (Å²) in [5.74, 6) is -1.88. The quantitative estimate of drug-likeness (QED) is 0.860. The molecule has 6 nitrogen and oxygen atoms in total. The highest BCUT2D eigenvalue weighted by Gasteiger charge is 2.25. The number of carbonyl (C=O) groups excluding carboxylic acids is 1. The third kappa shape index (κ3) is 3.64. The molecule has 1 amide bonds. The van der Waals surface area contributed by atoms with Crippen LogP contribution in [0.2, 0.25) is 0 Å². The molecule has 0 radical (unpaired) electrons. The first-order valence-electron chi connectivity index (χ1n) is 7.97. The van der Waals surface area contributed by atoms with Gasteiger partial charge in [-0.1, -0.05) is 5.16 Å². The fraction of sp³-hybridized carbons (Fsp3) is 0.500. The Hall–Kier alpha value is -2.22. The zero-order valence-corrected chi connectivity index (χ0v) is 13.4. The number of benzene rings is 1. The molecule has 0 bridgehead atoms. The Labute approximate surface area is 138 Å². The van der Waals surface area contributed by atoms with Gasteiger partial charge in [-0.15, -0.1) is 0 Å². The normalized spacial score (nSPS) is 20.5. The molecule has 0 saturated carbocycles. The van der Waals surface area contributed by atoms with E-state index < -0.39 is 11.6 Å². The van der Waals surface area contributed by atoms with Gasteiger partial charge in [0.1, 0.15) is 6.10 Å². The number of oxime groups is 1. The minimum absolute atomic E-state index is 0.152. The molecule has 24 heavy (non-hydrogen) atoms. The molecule has 8 heteroatoms. The van der Waals surface area contributed by atoms with Crippen molar-refractivity contribution < 1.29 is 18.4 Å². The van der Waals surface area contributed by atoms with Crippen LogP contribution in [0.3, 0.4) is 0 Å². The Bertz CT molecular complexity index is 660. The maximum absolute atomic E-state index is 14.2. The molecule has 2 N–H and O–H groups in total. The van der Waals surface area contributed by atoms with E-state index >= 15 is 0 Å². The number of halogens is 2. The Morgan fingerprint density at radius 1 is 1.42 bits per heavy atom. The Kier molecular flexibility index (Phi) is 4.94. The summed E-state index contributed by atoms with van der Waals surface area (Å²) < 4.78 is 28.2. The topological polar surface area (TPSA) is 66.0 Å². The van der Waals surface area contributed by atoms with Crippen LogP contribution >= 0.6 is 0 Å². The Morgan fingerprint density at radius 2 is 2.17 bits per heavy atom. The summed E-state index contributed by atoms with van der Waals surface area (Å²) in [6.45, 7) is 4.45. The monoisotopic (exact) mass is 338 g/mol. The van der Waals surface area contributed by atoms with Crippen molar-refractivity contribution in [1.29, 1.82) is 0 Å². The van der Waals surface area contributed by atoms with E-state index in [9.17, 15) is 13.6 Å². The van der Waals surface area contributed by atoms with Gasteiger partial charge in [0.2, 0.25) is 5.91 Å². The predicted octanol–water partition coefficient (Wildman–Crippen LogP) is 1.00. The number of anilines is 1. The van der Waals surface area contributed by atoms with Gasteiger partial charge in [-0.05, 0) is 12.1 Å². The summed E-state index contributed by atoms with van der Waals surface area (Å²) in [7, 11) is 0. The first-order chi connectivity index (χ1) is 11.5. The third-order valence-electron chi connectivity index (χ3n) is 4.11. The van der Waals surface area contributed by atoms with Crippen molar-refractivity contribution in [3.63, 3.8) is 0 Å². The lowest BCUT2D eigenvalue weighted by Gasteiger charge is -2.30. The van der Waals surface area contributed by atoms with Gasteiger partial charge in [0.15, 0.2) is 11.6 Å². The Morgan fingerprint density at radius 3 is 2.88 bits per heavy atom. The number of hydrogen-bond donors (Lipinski definition) is 2. The summed E-state index contributed by atoms with van der Waals surface area (Å²) in [6, 6.07) is 2.76. The standard InChI is InChI=1S/C16H20F2N4O2/c1-10(23)20-9-12-8-14(21-24-12)11-6-13(17)16(18)15(7-11)22-4-2-19-3-5-22/h6-7,12,19H,2-5,8-9H2,1H3,(H,20,23). The fourth-order valence-corrected chi connectivity index (χ4v) is 2.84. The molecule has 1 aromatic rings. The van der Waals surface area contributed by atoms with Gasteiger partial charge in [-0.3, -0.25) is 4.79 Å². The summed E-state index contributed by atoms with van der Waals surface area (Å²) in [5.41, 5.74) is 1.31. The second-order valence-corrected chi connectivity index (χ2v) is 5.93. The molecule has 2 aliphatic heterocycles. The average Bonchev–Trinajstić information content (AvgIpc) is 3.05. The van der Waals surface area contributed by atoms with E-state index in [0.717, 1.165) is 19.2 Å². The van der Waals surface area contributed by atoms with E-state index in [2.05, 4.69) is 15.8 Å². The molecule has 1 fully saturated rings. The molecule has 1 atom stereocenters. The molecule has 0 spiro atoms. The van der Waals surface area contributed by atoms with Crippen molar-refractivity contribution in [3.05, 3.63) is 29.3 Å². The first kappa shape index (κ1) is 16.6. The second-order valence-electron chi connectivity index (χ2n) is 5.93. The van der Waals surface area contributed by atoms with Crippen molar-refractivity contribution in [1.82, 2.24) is 10.6 Å². The van der Waals surface area contributed by atoms with Crippen molar-refractivity contribution in [3.8, 4) is 0 Å². The van der Waals surface area contributed by atoms with Gasteiger partial charge in [-0.2, -0.15) is 0 Å². The number of nitrogens with zero attached hydrogens (tertiary/aromatic N) is 2. The van der Waals surface area contributed by atoms with E-state index in [-0.39, 0.29) is 17.7 Å². The summed E-state index contributed by atoms with van der Waals surface area (Å²) in [4.78, 5) is 18.0. The highest BCUT2D eigenvalue weighted by molar-refractivity contribution is 6.02. The maximum Gasteiger partial charge on any atom is 0.217 e. The summed E-state index contributed by atoms with van der Waals surface area (Å²) in [5, 5.41) is 9.81. The first-order valence-corrected chi connectivity index (χ1v) is 7.97. The molecular weight excluding hydrogens is 318 g/mol. The highest BCUT2D eigenvalue weighted by atomic mass is 19.2. The molecule has 0 aromatic heterocycles. The van der Waals surface area contributed by atoms with Gasteiger partial charge < -0.3 is 20.4 Å². The molecule has 1 saturated heterocycles. The maximum atomic E-state index is 14.2. The van der Waals surface area contributed by atoms with Crippen LogP contribution in [0.15, 0.2) is 17.3 Å². The van der Waals surface area contributed by atoms with Crippen LogP contribution in [-0.4, -0.2) is 50.4 Å². The number of amides is 1. The van der Waals surface area contributed by atoms with Gasteiger partial charge >= 0.3 is 0 Å². The van der Waals surface area contributed by atoms with Crippen molar-refractivity contribution in [2.45, 2.75) is 19.4 Å². The van der Waals surface area contributed by atoms with Crippen molar-refractivity contribution in [2.24, 2.45) is 5.16 Å². The van der Waals surface area contributed by atoms with Gasteiger partial charge in [0.25, 0.3) is 0 Å². The highest BCUT2D eigenvalue weighted by Crippen LogP contribution is 2.27. The molecule has 3 rings (SSSR count). The molecule has 1 aromatic carbocycles. The summed E-state index contributed by atoms with van der Waals surface area (Å²) in [6.07, 6.45) is 0.145. The van der Waals surface area contributed by atoms with Crippen molar-refractivity contribution >= 4 is 17.3 Å². The van der Waals surface area contributed by atoms with E-state index in [0.29, 0.717) is 37.3 Å².